The molecule has 4 rings (SSSR count). The number of aromatic nitrogens is 2. The molecular formula is C20H15FN4O3S. The Kier molecular flexibility index (Phi) is 4.73. The first-order valence-corrected chi connectivity index (χ1v) is 10.0. The Morgan fingerprint density at radius 1 is 1.00 bits per heavy atom. The number of rotatable bonds is 5. The predicted octanol–water partition coefficient (Wildman–Crippen LogP) is 3.76. The summed E-state index contributed by atoms with van der Waals surface area (Å²) in [4.78, 5) is 19.3. The molecule has 1 amide bonds. The molecule has 0 radical (unpaired) electrons. The third-order valence-corrected chi connectivity index (χ3v) is 5.57. The molecule has 0 fully saturated rings. The molecule has 0 aliphatic rings. The number of pyridine rings is 1. The largest absolute Gasteiger partial charge is 0.356 e. The number of carbonyl (C=O) groups excluding carboxylic acids is 1. The van der Waals surface area contributed by atoms with Gasteiger partial charge in [-0.3, -0.25) is 14.5 Å². The van der Waals surface area contributed by atoms with Crippen LogP contribution in [0.1, 0.15) is 10.5 Å². The second-order valence-electron chi connectivity index (χ2n) is 6.16. The molecule has 2 aromatic heterocycles. The maximum Gasteiger partial charge on any atom is 0.272 e. The van der Waals surface area contributed by atoms with E-state index in [1.807, 2.05) is 12.1 Å². The van der Waals surface area contributed by atoms with E-state index in [4.69, 9.17) is 0 Å². The molecule has 0 bridgehead atoms. The van der Waals surface area contributed by atoms with Crippen LogP contribution in [0.4, 0.5) is 15.8 Å². The Labute approximate surface area is 165 Å². The molecule has 9 heteroatoms. The SMILES string of the molecule is O=C(Nc1cccc2ncccc12)c1cc(S(=O)(=O)Nc2ccccc2F)c[nH]1. The fourth-order valence-corrected chi connectivity index (χ4v) is 3.87. The fraction of sp³-hybridized carbons (Fsp3) is 0. The van der Waals surface area contributed by atoms with E-state index in [9.17, 15) is 17.6 Å². The molecule has 4 aromatic rings. The summed E-state index contributed by atoms with van der Waals surface area (Å²) in [7, 11) is -4.07. The predicted molar refractivity (Wildman–Crippen MR) is 108 cm³/mol. The molecule has 146 valence electrons. The Morgan fingerprint density at radius 2 is 1.79 bits per heavy atom. The van der Waals surface area contributed by atoms with Gasteiger partial charge in [0.05, 0.1) is 16.9 Å². The van der Waals surface area contributed by atoms with Crippen LogP contribution in [-0.2, 0) is 10.0 Å². The number of nitrogens with zero attached hydrogens (tertiary/aromatic N) is 1. The summed E-state index contributed by atoms with van der Waals surface area (Å²) in [6.45, 7) is 0. The van der Waals surface area contributed by atoms with Gasteiger partial charge < -0.3 is 10.3 Å². The summed E-state index contributed by atoms with van der Waals surface area (Å²) < 4.78 is 40.9. The summed E-state index contributed by atoms with van der Waals surface area (Å²) in [6, 6.07) is 15.5. The molecule has 0 saturated heterocycles. The first-order chi connectivity index (χ1) is 13.9. The number of hydrogen-bond donors (Lipinski definition) is 3. The summed E-state index contributed by atoms with van der Waals surface area (Å²) in [6.07, 6.45) is 2.82. The van der Waals surface area contributed by atoms with Crippen molar-refractivity contribution in [3.05, 3.63) is 84.6 Å². The Balaban J connectivity index is 1.57. The second-order valence-corrected chi connectivity index (χ2v) is 7.85. The highest BCUT2D eigenvalue weighted by Gasteiger charge is 2.20. The lowest BCUT2D eigenvalue weighted by Gasteiger charge is -2.07. The van der Waals surface area contributed by atoms with Crippen molar-refractivity contribution in [1.82, 2.24) is 9.97 Å². The zero-order chi connectivity index (χ0) is 20.4. The van der Waals surface area contributed by atoms with Gasteiger partial charge in [-0.25, -0.2) is 12.8 Å². The molecule has 0 spiro atoms. The standard InChI is InChI=1S/C20H15FN4O3S/c21-15-6-1-2-7-18(15)25-29(27,28)13-11-19(23-12-13)20(26)24-17-9-3-8-16-14(17)5-4-10-22-16/h1-12,23,25H,(H,24,26). The van der Waals surface area contributed by atoms with E-state index in [0.717, 1.165) is 11.5 Å². The van der Waals surface area contributed by atoms with Crippen molar-refractivity contribution < 1.29 is 17.6 Å². The highest BCUT2D eigenvalue weighted by atomic mass is 32.2. The molecule has 2 aromatic carbocycles. The molecule has 2 heterocycles. The van der Waals surface area contributed by atoms with Gasteiger partial charge in [-0.2, -0.15) is 0 Å². The Bertz CT molecular complexity index is 1310. The lowest BCUT2D eigenvalue weighted by atomic mass is 10.2. The van der Waals surface area contributed by atoms with Crippen molar-refractivity contribution >= 4 is 38.2 Å². The topological polar surface area (TPSA) is 104 Å². The zero-order valence-corrected chi connectivity index (χ0v) is 15.7. The molecule has 7 nitrogen and oxygen atoms in total. The molecule has 3 N–H and O–H groups in total. The molecule has 0 unspecified atom stereocenters. The van der Waals surface area contributed by atoms with E-state index in [0.29, 0.717) is 11.2 Å². The number of anilines is 2. The number of halogens is 1. The minimum absolute atomic E-state index is 0.0415. The van der Waals surface area contributed by atoms with Gasteiger partial charge in [-0.15, -0.1) is 0 Å². The smallest absolute Gasteiger partial charge is 0.272 e. The van der Waals surface area contributed by atoms with Crippen molar-refractivity contribution in [2.75, 3.05) is 10.0 Å². The molecule has 29 heavy (non-hydrogen) atoms. The van der Waals surface area contributed by atoms with Gasteiger partial charge in [-0.05, 0) is 42.5 Å². The molecular weight excluding hydrogens is 395 g/mol. The minimum Gasteiger partial charge on any atom is -0.356 e. The van der Waals surface area contributed by atoms with Crippen LogP contribution < -0.4 is 10.0 Å². The van der Waals surface area contributed by atoms with Crippen molar-refractivity contribution in [1.29, 1.82) is 0 Å². The maximum absolute atomic E-state index is 13.7. The quantitative estimate of drug-likeness (QED) is 0.466. The van der Waals surface area contributed by atoms with Gasteiger partial charge in [0.1, 0.15) is 16.4 Å². The number of amides is 1. The average molecular weight is 410 g/mol. The summed E-state index contributed by atoms with van der Waals surface area (Å²) >= 11 is 0. The van der Waals surface area contributed by atoms with E-state index in [2.05, 4.69) is 20.0 Å². The highest BCUT2D eigenvalue weighted by molar-refractivity contribution is 7.92. The lowest BCUT2D eigenvalue weighted by molar-refractivity contribution is 0.102. The normalized spacial score (nSPS) is 11.3. The summed E-state index contributed by atoms with van der Waals surface area (Å²) in [5, 5.41) is 3.49. The van der Waals surface area contributed by atoms with Crippen LogP contribution in [-0.4, -0.2) is 24.3 Å². The minimum atomic E-state index is -4.07. The third-order valence-electron chi connectivity index (χ3n) is 4.22. The number of H-pyrrole nitrogens is 1. The number of para-hydroxylation sites is 1. The van der Waals surface area contributed by atoms with E-state index in [1.54, 1.807) is 24.4 Å². The number of aromatic amines is 1. The van der Waals surface area contributed by atoms with Crippen LogP contribution in [0, 0.1) is 5.82 Å². The Hall–Kier alpha value is -3.72. The monoisotopic (exact) mass is 410 g/mol. The first kappa shape index (κ1) is 18.6. The van der Waals surface area contributed by atoms with Crippen LogP contribution in [0.2, 0.25) is 0 Å². The number of nitrogens with one attached hydrogen (secondary N) is 3. The number of benzene rings is 2. The van der Waals surface area contributed by atoms with Gasteiger partial charge in [0.25, 0.3) is 15.9 Å². The van der Waals surface area contributed by atoms with Gasteiger partial charge in [0.2, 0.25) is 0 Å². The molecule has 0 saturated carbocycles. The maximum atomic E-state index is 13.7. The summed E-state index contributed by atoms with van der Waals surface area (Å²) in [5.74, 6) is -1.22. The van der Waals surface area contributed by atoms with Crippen LogP contribution in [0.15, 0.2) is 78.0 Å². The fourth-order valence-electron chi connectivity index (χ4n) is 2.81. The lowest BCUT2D eigenvalue weighted by Crippen LogP contribution is -2.14. The second kappa shape index (κ2) is 7.36. The van der Waals surface area contributed by atoms with Crippen LogP contribution in [0.25, 0.3) is 10.9 Å². The van der Waals surface area contributed by atoms with Gasteiger partial charge >= 0.3 is 0 Å². The zero-order valence-electron chi connectivity index (χ0n) is 14.9. The number of sulfonamides is 1. The van der Waals surface area contributed by atoms with Crippen molar-refractivity contribution in [2.45, 2.75) is 4.90 Å². The number of carbonyl (C=O) groups is 1. The molecule has 0 atom stereocenters. The van der Waals surface area contributed by atoms with Crippen LogP contribution >= 0.6 is 0 Å². The van der Waals surface area contributed by atoms with Gasteiger partial charge in [0, 0.05) is 17.8 Å². The van der Waals surface area contributed by atoms with Gasteiger partial charge in [0.15, 0.2) is 0 Å². The van der Waals surface area contributed by atoms with Crippen molar-refractivity contribution in [2.24, 2.45) is 0 Å². The molecule has 0 aliphatic carbocycles. The van der Waals surface area contributed by atoms with Crippen molar-refractivity contribution in [3.8, 4) is 0 Å². The Morgan fingerprint density at radius 3 is 2.62 bits per heavy atom. The van der Waals surface area contributed by atoms with Gasteiger partial charge in [-0.1, -0.05) is 18.2 Å². The highest BCUT2D eigenvalue weighted by Crippen LogP contribution is 2.23. The van der Waals surface area contributed by atoms with Crippen LogP contribution in [0.3, 0.4) is 0 Å². The third kappa shape index (κ3) is 3.81. The van der Waals surface area contributed by atoms with E-state index in [-0.39, 0.29) is 16.3 Å². The van der Waals surface area contributed by atoms with E-state index < -0.39 is 21.7 Å². The average Bonchev–Trinajstić information content (AvgIpc) is 3.21. The summed E-state index contributed by atoms with van der Waals surface area (Å²) in [5.41, 5.74) is 1.13. The van der Waals surface area contributed by atoms with Crippen molar-refractivity contribution in [3.63, 3.8) is 0 Å². The van der Waals surface area contributed by atoms with Crippen LogP contribution in [0.5, 0.6) is 0 Å². The van der Waals surface area contributed by atoms with E-state index >= 15 is 0 Å². The number of hydrogen-bond acceptors (Lipinski definition) is 4. The molecule has 0 aliphatic heterocycles. The van der Waals surface area contributed by atoms with E-state index in [1.165, 1.54) is 30.5 Å². The number of fused-ring (bicyclic) bond motifs is 1. The first-order valence-electron chi connectivity index (χ1n) is 8.55.